The molecule has 2 rings (SSSR count). The van der Waals surface area contributed by atoms with E-state index in [1.807, 2.05) is 0 Å². The highest BCUT2D eigenvalue weighted by molar-refractivity contribution is 5.92. The van der Waals surface area contributed by atoms with Gasteiger partial charge in [-0.25, -0.2) is 0 Å². The van der Waals surface area contributed by atoms with E-state index in [2.05, 4.69) is 10.3 Å². The number of aromatic nitrogens is 1. The van der Waals surface area contributed by atoms with Crippen LogP contribution in [0.1, 0.15) is 16.9 Å². The van der Waals surface area contributed by atoms with E-state index in [0.717, 1.165) is 0 Å². The van der Waals surface area contributed by atoms with Crippen molar-refractivity contribution >= 4 is 5.91 Å². The number of hydrogen-bond acceptors (Lipinski definition) is 4. The van der Waals surface area contributed by atoms with Gasteiger partial charge in [-0.1, -0.05) is 6.07 Å². The van der Waals surface area contributed by atoms with Gasteiger partial charge in [0, 0.05) is 12.8 Å². The number of ether oxygens (including phenoxy) is 1. The van der Waals surface area contributed by atoms with E-state index in [1.165, 1.54) is 0 Å². The van der Waals surface area contributed by atoms with E-state index in [4.69, 9.17) is 4.74 Å². The SMILES string of the molecule is O=C(N[C@H]1CCOC[C@@H]1O)c1ccccn1. The monoisotopic (exact) mass is 222 g/mol. The first-order valence-electron chi connectivity index (χ1n) is 5.25. The summed E-state index contributed by atoms with van der Waals surface area (Å²) in [7, 11) is 0. The van der Waals surface area contributed by atoms with Crippen LogP contribution >= 0.6 is 0 Å². The van der Waals surface area contributed by atoms with Gasteiger partial charge < -0.3 is 15.2 Å². The normalized spacial score (nSPS) is 25.1. The fraction of sp³-hybridized carbons (Fsp3) is 0.455. The molecule has 0 aromatic carbocycles. The number of aliphatic hydroxyl groups is 1. The Morgan fingerprint density at radius 2 is 2.44 bits per heavy atom. The summed E-state index contributed by atoms with van der Waals surface area (Å²) in [5.41, 5.74) is 0.362. The molecule has 5 heteroatoms. The molecule has 16 heavy (non-hydrogen) atoms. The van der Waals surface area contributed by atoms with Gasteiger partial charge in [-0.15, -0.1) is 0 Å². The molecule has 1 aliphatic heterocycles. The summed E-state index contributed by atoms with van der Waals surface area (Å²) >= 11 is 0. The Hall–Kier alpha value is -1.46. The van der Waals surface area contributed by atoms with Crippen molar-refractivity contribution in [2.75, 3.05) is 13.2 Å². The lowest BCUT2D eigenvalue weighted by Gasteiger charge is -2.28. The van der Waals surface area contributed by atoms with Crippen LogP contribution in [0.25, 0.3) is 0 Å². The zero-order valence-corrected chi connectivity index (χ0v) is 8.80. The number of carbonyl (C=O) groups is 1. The Kier molecular flexibility index (Phi) is 3.48. The standard InChI is InChI=1S/C11H14N2O3/c14-10-7-16-6-4-8(10)13-11(15)9-3-1-2-5-12-9/h1-3,5,8,10,14H,4,6-7H2,(H,13,15)/t8-,10-/m0/s1. The Balaban J connectivity index is 1.96. The number of amides is 1. The van der Waals surface area contributed by atoms with Crippen molar-refractivity contribution in [3.8, 4) is 0 Å². The summed E-state index contributed by atoms with van der Waals surface area (Å²) in [6, 6.07) is 4.90. The van der Waals surface area contributed by atoms with Crippen molar-refractivity contribution < 1.29 is 14.6 Å². The smallest absolute Gasteiger partial charge is 0.270 e. The molecule has 1 aromatic heterocycles. The second-order valence-electron chi connectivity index (χ2n) is 3.73. The molecular formula is C11H14N2O3. The molecule has 86 valence electrons. The van der Waals surface area contributed by atoms with Gasteiger partial charge in [0.05, 0.1) is 18.8 Å². The molecule has 1 fully saturated rings. The average molecular weight is 222 g/mol. The van der Waals surface area contributed by atoms with Gasteiger partial charge in [-0.3, -0.25) is 9.78 Å². The molecule has 2 heterocycles. The lowest BCUT2D eigenvalue weighted by atomic mass is 10.1. The first-order valence-corrected chi connectivity index (χ1v) is 5.25. The van der Waals surface area contributed by atoms with Crippen molar-refractivity contribution in [1.29, 1.82) is 0 Å². The topological polar surface area (TPSA) is 71.5 Å². The van der Waals surface area contributed by atoms with E-state index in [1.54, 1.807) is 24.4 Å². The van der Waals surface area contributed by atoms with Crippen LogP contribution in [0.2, 0.25) is 0 Å². The molecule has 1 aliphatic rings. The molecule has 0 saturated carbocycles. The maximum Gasteiger partial charge on any atom is 0.270 e. The number of aliphatic hydroxyl groups excluding tert-OH is 1. The number of nitrogens with one attached hydrogen (secondary N) is 1. The van der Waals surface area contributed by atoms with Crippen LogP contribution in [-0.4, -0.2) is 41.4 Å². The summed E-state index contributed by atoms with van der Waals surface area (Å²) in [6.45, 7) is 0.831. The van der Waals surface area contributed by atoms with E-state index in [-0.39, 0.29) is 18.6 Å². The van der Waals surface area contributed by atoms with Gasteiger partial charge in [0.1, 0.15) is 5.69 Å². The van der Waals surface area contributed by atoms with Crippen LogP contribution in [0.15, 0.2) is 24.4 Å². The third kappa shape index (κ3) is 2.56. The zero-order chi connectivity index (χ0) is 11.4. The minimum absolute atomic E-state index is 0.247. The van der Waals surface area contributed by atoms with Gasteiger partial charge in [0.25, 0.3) is 5.91 Å². The molecule has 1 aromatic rings. The van der Waals surface area contributed by atoms with Crippen molar-refractivity contribution in [3.05, 3.63) is 30.1 Å². The summed E-state index contributed by atoms with van der Waals surface area (Å²) in [5, 5.41) is 12.4. The van der Waals surface area contributed by atoms with Gasteiger partial charge in [-0.05, 0) is 18.6 Å². The van der Waals surface area contributed by atoms with E-state index in [0.29, 0.717) is 18.7 Å². The van der Waals surface area contributed by atoms with Crippen LogP contribution in [0.4, 0.5) is 0 Å². The summed E-state index contributed by atoms with van der Waals surface area (Å²) in [6.07, 6.45) is 1.55. The highest BCUT2D eigenvalue weighted by Gasteiger charge is 2.25. The number of hydrogen-bond donors (Lipinski definition) is 2. The van der Waals surface area contributed by atoms with Gasteiger partial charge >= 0.3 is 0 Å². The Morgan fingerprint density at radius 3 is 3.12 bits per heavy atom. The minimum atomic E-state index is -0.638. The van der Waals surface area contributed by atoms with Crippen molar-refractivity contribution in [2.24, 2.45) is 0 Å². The molecule has 0 aliphatic carbocycles. The average Bonchev–Trinajstić information content (AvgIpc) is 2.33. The Bertz CT molecular complexity index is 356. The van der Waals surface area contributed by atoms with Gasteiger partial charge in [0.15, 0.2) is 0 Å². The van der Waals surface area contributed by atoms with E-state index >= 15 is 0 Å². The number of nitrogens with zero attached hydrogens (tertiary/aromatic N) is 1. The van der Waals surface area contributed by atoms with Crippen molar-refractivity contribution in [2.45, 2.75) is 18.6 Å². The van der Waals surface area contributed by atoms with Crippen LogP contribution in [0.3, 0.4) is 0 Å². The lowest BCUT2D eigenvalue weighted by Crippen LogP contribution is -2.48. The van der Waals surface area contributed by atoms with Gasteiger partial charge in [0.2, 0.25) is 0 Å². The van der Waals surface area contributed by atoms with Gasteiger partial charge in [-0.2, -0.15) is 0 Å². The molecular weight excluding hydrogens is 208 g/mol. The Morgan fingerprint density at radius 1 is 1.56 bits per heavy atom. The molecule has 1 saturated heterocycles. The van der Waals surface area contributed by atoms with Crippen molar-refractivity contribution in [1.82, 2.24) is 10.3 Å². The van der Waals surface area contributed by atoms with Crippen molar-refractivity contribution in [3.63, 3.8) is 0 Å². The largest absolute Gasteiger partial charge is 0.389 e. The van der Waals surface area contributed by atoms with E-state index < -0.39 is 6.10 Å². The molecule has 0 unspecified atom stereocenters. The fourth-order valence-electron chi connectivity index (χ4n) is 1.63. The minimum Gasteiger partial charge on any atom is -0.389 e. The molecule has 2 N–H and O–H groups in total. The summed E-state index contributed by atoms with van der Waals surface area (Å²) in [4.78, 5) is 15.7. The first kappa shape index (κ1) is 11.0. The third-order valence-corrected chi connectivity index (χ3v) is 2.54. The van der Waals surface area contributed by atoms with E-state index in [9.17, 15) is 9.90 Å². The molecule has 0 radical (unpaired) electrons. The highest BCUT2D eigenvalue weighted by atomic mass is 16.5. The number of carbonyl (C=O) groups excluding carboxylic acids is 1. The molecule has 1 amide bonds. The molecule has 2 atom stereocenters. The van der Waals surface area contributed by atoms with Crippen LogP contribution in [-0.2, 0) is 4.74 Å². The maximum absolute atomic E-state index is 11.7. The fourth-order valence-corrected chi connectivity index (χ4v) is 1.63. The number of rotatable bonds is 2. The van der Waals surface area contributed by atoms with Crippen LogP contribution in [0.5, 0.6) is 0 Å². The lowest BCUT2D eigenvalue weighted by molar-refractivity contribution is -0.0261. The molecule has 0 spiro atoms. The summed E-state index contributed by atoms with van der Waals surface area (Å²) < 4.78 is 5.08. The second kappa shape index (κ2) is 5.05. The Labute approximate surface area is 93.5 Å². The third-order valence-electron chi connectivity index (χ3n) is 2.54. The summed E-state index contributed by atoms with van der Waals surface area (Å²) in [5.74, 6) is -0.258. The second-order valence-corrected chi connectivity index (χ2v) is 3.73. The molecule has 0 bridgehead atoms. The maximum atomic E-state index is 11.7. The first-order chi connectivity index (χ1) is 7.77. The predicted molar refractivity (Wildman–Crippen MR) is 56.9 cm³/mol. The van der Waals surface area contributed by atoms with Crippen LogP contribution in [0, 0.1) is 0 Å². The highest BCUT2D eigenvalue weighted by Crippen LogP contribution is 2.08. The molecule has 5 nitrogen and oxygen atoms in total. The number of pyridine rings is 1. The predicted octanol–water partition coefficient (Wildman–Crippen LogP) is -0.0388. The van der Waals surface area contributed by atoms with Crippen LogP contribution < -0.4 is 5.32 Å². The quantitative estimate of drug-likeness (QED) is 0.736. The zero-order valence-electron chi connectivity index (χ0n) is 8.80.